The molecule has 1 fully saturated rings. The van der Waals surface area contributed by atoms with E-state index in [0.29, 0.717) is 12.2 Å². The average molecular weight is 249 g/mol. The van der Waals surface area contributed by atoms with Crippen LogP contribution >= 0.6 is 0 Å². The molecule has 0 bridgehead atoms. The highest BCUT2D eigenvalue weighted by Crippen LogP contribution is 2.26. The fourth-order valence-electron chi connectivity index (χ4n) is 2.11. The quantitative estimate of drug-likeness (QED) is 0.820. The van der Waals surface area contributed by atoms with Crippen LogP contribution in [0, 0.1) is 0 Å². The van der Waals surface area contributed by atoms with Gasteiger partial charge >= 0.3 is 0 Å². The summed E-state index contributed by atoms with van der Waals surface area (Å²) >= 11 is 0. The molecule has 1 amide bonds. The summed E-state index contributed by atoms with van der Waals surface area (Å²) in [6.45, 7) is 0.378. The van der Waals surface area contributed by atoms with Gasteiger partial charge in [0.2, 0.25) is 0 Å². The number of aliphatic hydroxyl groups excluding tert-OH is 1. The van der Waals surface area contributed by atoms with Gasteiger partial charge in [-0.25, -0.2) is 0 Å². The Hall–Kier alpha value is -1.62. The fourth-order valence-corrected chi connectivity index (χ4v) is 2.11. The highest BCUT2D eigenvalue weighted by molar-refractivity contribution is 5.93. The SMILES string of the molecule is CNc1ccnc(C(=O)N(CCO)C2CCC2)c1. The summed E-state index contributed by atoms with van der Waals surface area (Å²) in [5, 5.41) is 12.1. The number of hydrogen-bond acceptors (Lipinski definition) is 4. The molecule has 0 radical (unpaired) electrons. The third kappa shape index (κ3) is 2.61. The van der Waals surface area contributed by atoms with E-state index in [4.69, 9.17) is 5.11 Å². The monoisotopic (exact) mass is 249 g/mol. The van der Waals surface area contributed by atoms with Gasteiger partial charge in [0, 0.05) is 31.5 Å². The Morgan fingerprint density at radius 1 is 1.61 bits per heavy atom. The Balaban J connectivity index is 2.15. The Kier molecular flexibility index (Phi) is 4.15. The Bertz CT molecular complexity index is 418. The molecule has 0 unspecified atom stereocenters. The zero-order valence-electron chi connectivity index (χ0n) is 10.6. The second-order valence-electron chi connectivity index (χ2n) is 4.49. The first-order valence-corrected chi connectivity index (χ1v) is 6.32. The van der Waals surface area contributed by atoms with Gasteiger partial charge in [0.15, 0.2) is 0 Å². The lowest BCUT2D eigenvalue weighted by molar-refractivity contribution is 0.0520. The van der Waals surface area contributed by atoms with Gasteiger partial charge in [0.05, 0.1) is 6.61 Å². The van der Waals surface area contributed by atoms with Crippen LogP contribution in [0.2, 0.25) is 0 Å². The van der Waals surface area contributed by atoms with Crippen molar-refractivity contribution in [2.24, 2.45) is 0 Å². The largest absolute Gasteiger partial charge is 0.395 e. The minimum atomic E-state index is -0.0918. The van der Waals surface area contributed by atoms with Crippen molar-refractivity contribution < 1.29 is 9.90 Å². The van der Waals surface area contributed by atoms with E-state index in [1.165, 1.54) is 0 Å². The van der Waals surface area contributed by atoms with Crippen LogP contribution in [-0.2, 0) is 0 Å². The highest BCUT2D eigenvalue weighted by Gasteiger charge is 2.29. The number of hydrogen-bond donors (Lipinski definition) is 2. The number of aromatic nitrogens is 1. The molecular formula is C13H19N3O2. The molecule has 1 aliphatic rings. The zero-order chi connectivity index (χ0) is 13.0. The van der Waals surface area contributed by atoms with Crippen LogP contribution in [0.15, 0.2) is 18.3 Å². The van der Waals surface area contributed by atoms with Gasteiger partial charge in [0.25, 0.3) is 5.91 Å². The molecule has 1 aromatic rings. The van der Waals surface area contributed by atoms with Crippen LogP contribution in [0.3, 0.4) is 0 Å². The molecule has 0 saturated heterocycles. The summed E-state index contributed by atoms with van der Waals surface area (Å²) < 4.78 is 0. The normalized spacial score (nSPS) is 15.0. The van der Waals surface area contributed by atoms with Crippen molar-refractivity contribution in [2.75, 3.05) is 25.5 Å². The molecule has 0 aromatic carbocycles. The third-order valence-electron chi connectivity index (χ3n) is 3.38. The predicted molar refractivity (Wildman–Crippen MR) is 69.5 cm³/mol. The molecule has 98 valence electrons. The zero-order valence-corrected chi connectivity index (χ0v) is 10.6. The molecule has 0 aliphatic heterocycles. The molecule has 1 saturated carbocycles. The first-order valence-electron chi connectivity index (χ1n) is 6.32. The molecule has 5 heteroatoms. The summed E-state index contributed by atoms with van der Waals surface area (Å²) in [5.74, 6) is -0.0918. The summed E-state index contributed by atoms with van der Waals surface area (Å²) in [7, 11) is 1.81. The minimum absolute atomic E-state index is 0.00599. The number of anilines is 1. The van der Waals surface area contributed by atoms with Crippen molar-refractivity contribution in [2.45, 2.75) is 25.3 Å². The van der Waals surface area contributed by atoms with E-state index in [9.17, 15) is 4.79 Å². The van der Waals surface area contributed by atoms with Gasteiger partial charge < -0.3 is 15.3 Å². The van der Waals surface area contributed by atoms with E-state index < -0.39 is 0 Å². The van der Waals surface area contributed by atoms with Crippen molar-refractivity contribution in [3.8, 4) is 0 Å². The smallest absolute Gasteiger partial charge is 0.272 e. The van der Waals surface area contributed by atoms with Crippen LogP contribution < -0.4 is 5.32 Å². The number of aliphatic hydroxyl groups is 1. The van der Waals surface area contributed by atoms with Crippen LogP contribution in [0.4, 0.5) is 5.69 Å². The van der Waals surface area contributed by atoms with Crippen molar-refractivity contribution in [3.05, 3.63) is 24.0 Å². The topological polar surface area (TPSA) is 65.5 Å². The van der Waals surface area contributed by atoms with E-state index in [1.54, 1.807) is 24.2 Å². The third-order valence-corrected chi connectivity index (χ3v) is 3.38. The van der Waals surface area contributed by atoms with Gasteiger partial charge in [-0.05, 0) is 31.4 Å². The van der Waals surface area contributed by atoms with Gasteiger partial charge in [0.1, 0.15) is 5.69 Å². The number of carbonyl (C=O) groups is 1. The first kappa shape index (κ1) is 12.8. The number of nitrogens with one attached hydrogen (secondary N) is 1. The van der Waals surface area contributed by atoms with E-state index in [2.05, 4.69) is 10.3 Å². The number of carbonyl (C=O) groups excluding carboxylic acids is 1. The van der Waals surface area contributed by atoms with E-state index in [1.807, 2.05) is 6.07 Å². The van der Waals surface area contributed by atoms with Crippen molar-refractivity contribution in [1.82, 2.24) is 9.88 Å². The van der Waals surface area contributed by atoms with Crippen molar-refractivity contribution in [1.29, 1.82) is 0 Å². The molecule has 18 heavy (non-hydrogen) atoms. The number of amides is 1. The van der Waals surface area contributed by atoms with Gasteiger partial charge in [-0.3, -0.25) is 9.78 Å². The lowest BCUT2D eigenvalue weighted by atomic mass is 9.91. The summed E-state index contributed by atoms with van der Waals surface area (Å²) in [4.78, 5) is 18.2. The maximum Gasteiger partial charge on any atom is 0.272 e. The van der Waals surface area contributed by atoms with Gasteiger partial charge in [-0.2, -0.15) is 0 Å². The maximum atomic E-state index is 12.4. The second kappa shape index (κ2) is 5.82. The van der Waals surface area contributed by atoms with E-state index in [-0.39, 0.29) is 18.6 Å². The minimum Gasteiger partial charge on any atom is -0.395 e. The van der Waals surface area contributed by atoms with E-state index in [0.717, 1.165) is 24.9 Å². The maximum absolute atomic E-state index is 12.4. The average Bonchev–Trinajstić information content (AvgIpc) is 2.35. The summed E-state index contributed by atoms with van der Waals surface area (Å²) in [6, 6.07) is 3.83. The molecule has 1 heterocycles. The summed E-state index contributed by atoms with van der Waals surface area (Å²) in [5.41, 5.74) is 1.30. The number of rotatable bonds is 5. The van der Waals surface area contributed by atoms with Crippen LogP contribution in [0.25, 0.3) is 0 Å². The first-order chi connectivity index (χ1) is 8.76. The highest BCUT2D eigenvalue weighted by atomic mass is 16.3. The van der Waals surface area contributed by atoms with E-state index >= 15 is 0 Å². The molecule has 1 aliphatic carbocycles. The standard InChI is InChI=1S/C13H19N3O2/c1-14-10-5-6-15-12(9-10)13(18)16(7-8-17)11-3-2-4-11/h5-6,9,11,17H,2-4,7-8H2,1H3,(H,14,15). The lowest BCUT2D eigenvalue weighted by Gasteiger charge is -2.37. The molecular weight excluding hydrogens is 230 g/mol. The molecule has 0 spiro atoms. The number of nitrogens with zero attached hydrogens (tertiary/aromatic N) is 2. The van der Waals surface area contributed by atoms with Gasteiger partial charge in [-0.1, -0.05) is 0 Å². The molecule has 5 nitrogen and oxygen atoms in total. The van der Waals surface area contributed by atoms with Crippen LogP contribution in [0.5, 0.6) is 0 Å². The number of pyridine rings is 1. The molecule has 2 N–H and O–H groups in total. The second-order valence-corrected chi connectivity index (χ2v) is 4.49. The van der Waals surface area contributed by atoms with Gasteiger partial charge in [-0.15, -0.1) is 0 Å². The Morgan fingerprint density at radius 3 is 2.94 bits per heavy atom. The van der Waals surface area contributed by atoms with Crippen LogP contribution in [0.1, 0.15) is 29.8 Å². The van der Waals surface area contributed by atoms with Crippen LogP contribution in [-0.4, -0.2) is 47.1 Å². The Labute approximate surface area is 107 Å². The predicted octanol–water partition coefficient (Wildman–Crippen LogP) is 1.11. The lowest BCUT2D eigenvalue weighted by Crippen LogP contribution is -2.45. The fraction of sp³-hybridized carbons (Fsp3) is 0.538. The molecule has 2 rings (SSSR count). The Morgan fingerprint density at radius 2 is 2.39 bits per heavy atom. The van der Waals surface area contributed by atoms with Crippen molar-refractivity contribution in [3.63, 3.8) is 0 Å². The molecule has 1 aromatic heterocycles. The molecule has 0 atom stereocenters. The van der Waals surface area contributed by atoms with Crippen molar-refractivity contribution >= 4 is 11.6 Å². The summed E-state index contributed by atoms with van der Waals surface area (Å²) in [6.07, 6.45) is 4.83.